The molecule has 3 atom stereocenters. The van der Waals surface area contributed by atoms with E-state index in [0.717, 1.165) is 44.5 Å². The largest absolute Gasteiger partial charge is 0.461 e. The summed E-state index contributed by atoms with van der Waals surface area (Å²) >= 11 is 0. The lowest BCUT2D eigenvalue weighted by Gasteiger charge is -2.28. The van der Waals surface area contributed by atoms with Gasteiger partial charge >= 0.3 is 5.97 Å². The number of carbonyl (C=O) groups is 1. The highest BCUT2D eigenvalue weighted by atomic mass is 16.5. The van der Waals surface area contributed by atoms with Gasteiger partial charge in [-0.2, -0.15) is 0 Å². The number of allylic oxidation sites excluding steroid dienone is 2. The molecule has 0 aromatic heterocycles. The third kappa shape index (κ3) is 4.47. The minimum atomic E-state index is -0.177. The molecule has 2 aliphatic rings. The van der Waals surface area contributed by atoms with Crippen molar-refractivity contribution in [3.8, 4) is 0 Å². The maximum atomic E-state index is 13.0. The first kappa shape index (κ1) is 17.2. The van der Waals surface area contributed by atoms with Crippen LogP contribution in [-0.4, -0.2) is 36.6 Å². The predicted molar refractivity (Wildman–Crippen MR) is 96.9 cm³/mol. The average Bonchev–Trinajstić information content (AvgIpc) is 3.10. The van der Waals surface area contributed by atoms with E-state index in [2.05, 4.69) is 29.2 Å². The van der Waals surface area contributed by atoms with E-state index in [1.165, 1.54) is 12.8 Å². The second kappa shape index (κ2) is 8.48. The Morgan fingerprint density at radius 1 is 1.21 bits per heavy atom. The Kier molecular flexibility index (Phi) is 6.08. The van der Waals surface area contributed by atoms with E-state index >= 15 is 0 Å². The Labute approximate surface area is 145 Å². The fourth-order valence-corrected chi connectivity index (χ4v) is 3.97. The van der Waals surface area contributed by atoms with E-state index in [-0.39, 0.29) is 23.9 Å². The Hall–Kier alpha value is -1.61. The molecule has 3 unspecified atom stereocenters. The zero-order valence-electron chi connectivity index (χ0n) is 14.7. The first-order chi connectivity index (χ1) is 11.7. The van der Waals surface area contributed by atoms with Crippen LogP contribution in [0, 0.1) is 5.92 Å². The van der Waals surface area contributed by atoms with Crippen molar-refractivity contribution in [2.75, 3.05) is 19.6 Å². The van der Waals surface area contributed by atoms with Crippen LogP contribution in [0.1, 0.15) is 50.5 Å². The molecule has 0 amide bonds. The van der Waals surface area contributed by atoms with Crippen molar-refractivity contribution in [3.63, 3.8) is 0 Å². The van der Waals surface area contributed by atoms with Crippen LogP contribution in [0.5, 0.6) is 0 Å². The number of carbonyl (C=O) groups excluding carboxylic acids is 1. The standard InChI is InChI=1S/C21H29NO2/c1-17(16-22-14-8-9-15-22)24-21(23)20(18-10-4-2-5-11-18)19-12-6-3-7-13-19/h2,4-6,10-12,17,19-20H,3,7-9,13-16H2,1H3. The summed E-state index contributed by atoms with van der Waals surface area (Å²) in [4.78, 5) is 15.4. The van der Waals surface area contributed by atoms with Gasteiger partial charge in [-0.05, 0) is 63.6 Å². The van der Waals surface area contributed by atoms with Gasteiger partial charge in [-0.15, -0.1) is 0 Å². The van der Waals surface area contributed by atoms with E-state index in [4.69, 9.17) is 4.74 Å². The number of benzene rings is 1. The van der Waals surface area contributed by atoms with Crippen molar-refractivity contribution < 1.29 is 9.53 Å². The summed E-state index contributed by atoms with van der Waals surface area (Å²) in [5.74, 6) is 0.0147. The van der Waals surface area contributed by atoms with Gasteiger partial charge in [-0.1, -0.05) is 42.5 Å². The summed E-state index contributed by atoms with van der Waals surface area (Å²) in [6.45, 7) is 5.15. The first-order valence-electron chi connectivity index (χ1n) is 9.38. The highest BCUT2D eigenvalue weighted by Crippen LogP contribution is 2.33. The zero-order valence-corrected chi connectivity index (χ0v) is 14.7. The molecule has 1 aromatic rings. The molecule has 1 heterocycles. The molecule has 0 spiro atoms. The van der Waals surface area contributed by atoms with Crippen molar-refractivity contribution in [1.82, 2.24) is 4.90 Å². The lowest BCUT2D eigenvalue weighted by Crippen LogP contribution is -2.34. The molecule has 1 aliphatic heterocycles. The molecule has 24 heavy (non-hydrogen) atoms. The predicted octanol–water partition coefficient (Wildman–Crippen LogP) is 4.15. The maximum Gasteiger partial charge on any atom is 0.314 e. The van der Waals surface area contributed by atoms with Crippen molar-refractivity contribution in [3.05, 3.63) is 48.0 Å². The SMILES string of the molecule is CC(CN1CCCC1)OC(=O)C(c1ccccc1)C1C=CCCC1. The van der Waals surface area contributed by atoms with Gasteiger partial charge in [0.1, 0.15) is 6.10 Å². The second-order valence-electron chi connectivity index (χ2n) is 7.17. The molecule has 0 radical (unpaired) electrons. The molecule has 1 saturated heterocycles. The van der Waals surface area contributed by atoms with Crippen LogP contribution in [0.15, 0.2) is 42.5 Å². The van der Waals surface area contributed by atoms with Crippen molar-refractivity contribution in [2.45, 2.75) is 51.0 Å². The minimum absolute atomic E-state index is 0.0469. The third-order valence-electron chi connectivity index (χ3n) is 5.16. The molecule has 3 heteroatoms. The molecule has 3 rings (SSSR count). The molecule has 0 N–H and O–H groups in total. The number of ether oxygens (including phenoxy) is 1. The summed E-state index contributed by atoms with van der Waals surface area (Å²) < 4.78 is 5.87. The minimum Gasteiger partial charge on any atom is -0.461 e. The highest BCUT2D eigenvalue weighted by Gasteiger charge is 2.31. The van der Waals surface area contributed by atoms with Crippen LogP contribution in [0.2, 0.25) is 0 Å². The second-order valence-corrected chi connectivity index (χ2v) is 7.17. The van der Waals surface area contributed by atoms with Gasteiger partial charge in [0.25, 0.3) is 0 Å². The van der Waals surface area contributed by atoms with Crippen LogP contribution in [0.3, 0.4) is 0 Å². The summed E-state index contributed by atoms with van der Waals surface area (Å²) in [5.41, 5.74) is 1.08. The number of hydrogen-bond donors (Lipinski definition) is 0. The van der Waals surface area contributed by atoms with E-state index in [0.29, 0.717) is 0 Å². The first-order valence-corrected chi connectivity index (χ1v) is 9.38. The summed E-state index contributed by atoms with van der Waals surface area (Å²) in [5, 5.41) is 0. The Balaban J connectivity index is 1.68. The van der Waals surface area contributed by atoms with Gasteiger partial charge in [-0.25, -0.2) is 0 Å². The lowest BCUT2D eigenvalue weighted by molar-refractivity contribution is -0.152. The molecule has 1 fully saturated rings. The average molecular weight is 327 g/mol. The number of hydrogen-bond acceptors (Lipinski definition) is 3. The van der Waals surface area contributed by atoms with E-state index in [1.54, 1.807) is 0 Å². The van der Waals surface area contributed by atoms with Crippen molar-refractivity contribution in [2.24, 2.45) is 5.92 Å². The molecule has 3 nitrogen and oxygen atoms in total. The van der Waals surface area contributed by atoms with Gasteiger partial charge in [0.2, 0.25) is 0 Å². The number of likely N-dealkylation sites (tertiary alicyclic amines) is 1. The van der Waals surface area contributed by atoms with Gasteiger partial charge in [-0.3, -0.25) is 9.69 Å². The van der Waals surface area contributed by atoms with Gasteiger partial charge in [0.15, 0.2) is 0 Å². The molecule has 130 valence electrons. The summed E-state index contributed by atoms with van der Waals surface area (Å²) in [6.07, 6.45) is 10.2. The normalized spacial score (nSPS) is 23.8. The summed E-state index contributed by atoms with van der Waals surface area (Å²) in [6, 6.07) is 10.1. The van der Waals surface area contributed by atoms with Gasteiger partial charge < -0.3 is 4.74 Å². The van der Waals surface area contributed by atoms with Crippen molar-refractivity contribution >= 4 is 5.97 Å². The highest BCUT2D eigenvalue weighted by molar-refractivity contribution is 5.79. The quantitative estimate of drug-likeness (QED) is 0.580. The fraction of sp³-hybridized carbons (Fsp3) is 0.571. The van der Waals surface area contributed by atoms with Crippen LogP contribution in [0.4, 0.5) is 0 Å². The third-order valence-corrected chi connectivity index (χ3v) is 5.16. The molecule has 1 aromatic carbocycles. The summed E-state index contributed by atoms with van der Waals surface area (Å²) in [7, 11) is 0. The molecule has 0 saturated carbocycles. The molecule has 0 bridgehead atoms. The molecule has 1 aliphatic carbocycles. The Morgan fingerprint density at radius 3 is 2.62 bits per heavy atom. The number of rotatable bonds is 6. The van der Waals surface area contributed by atoms with Crippen LogP contribution < -0.4 is 0 Å². The fourth-order valence-electron chi connectivity index (χ4n) is 3.97. The van der Waals surface area contributed by atoms with Crippen LogP contribution in [-0.2, 0) is 9.53 Å². The molecular weight excluding hydrogens is 298 g/mol. The maximum absolute atomic E-state index is 13.0. The van der Waals surface area contributed by atoms with E-state index in [1.807, 2.05) is 25.1 Å². The smallest absolute Gasteiger partial charge is 0.314 e. The molecular formula is C21H29NO2. The zero-order chi connectivity index (χ0) is 16.8. The monoisotopic (exact) mass is 327 g/mol. The van der Waals surface area contributed by atoms with Crippen molar-refractivity contribution in [1.29, 1.82) is 0 Å². The van der Waals surface area contributed by atoms with E-state index < -0.39 is 0 Å². The Morgan fingerprint density at radius 2 is 1.96 bits per heavy atom. The lowest BCUT2D eigenvalue weighted by atomic mass is 9.80. The Bertz CT molecular complexity index is 548. The topological polar surface area (TPSA) is 29.5 Å². The van der Waals surface area contributed by atoms with Crippen LogP contribution >= 0.6 is 0 Å². The van der Waals surface area contributed by atoms with Crippen LogP contribution in [0.25, 0.3) is 0 Å². The number of nitrogens with zero attached hydrogens (tertiary/aromatic N) is 1. The van der Waals surface area contributed by atoms with Gasteiger partial charge in [0, 0.05) is 6.54 Å². The van der Waals surface area contributed by atoms with Gasteiger partial charge in [0.05, 0.1) is 5.92 Å². The van der Waals surface area contributed by atoms with E-state index in [9.17, 15) is 4.79 Å². The number of esters is 1.